The van der Waals surface area contributed by atoms with E-state index >= 15 is 0 Å². The van der Waals surface area contributed by atoms with Crippen LogP contribution in [0.3, 0.4) is 0 Å². The van der Waals surface area contributed by atoms with Gasteiger partial charge in [0, 0.05) is 36.4 Å². The van der Waals surface area contributed by atoms with E-state index in [1.807, 2.05) is 12.1 Å². The fourth-order valence-electron chi connectivity index (χ4n) is 4.14. The van der Waals surface area contributed by atoms with E-state index in [-0.39, 0.29) is 17.9 Å². The summed E-state index contributed by atoms with van der Waals surface area (Å²) < 4.78 is 23.5. The number of amides is 2. The van der Waals surface area contributed by atoms with Crippen LogP contribution < -0.4 is 14.8 Å². The number of benzene rings is 1. The molecule has 2 fully saturated rings. The van der Waals surface area contributed by atoms with Crippen molar-refractivity contribution in [3.63, 3.8) is 0 Å². The molecule has 0 saturated carbocycles. The van der Waals surface area contributed by atoms with Gasteiger partial charge in [-0.25, -0.2) is 9.97 Å². The molecule has 2 saturated heterocycles. The largest absolute Gasteiger partial charge is 0.494 e. The number of hydrogen-bond donors (Lipinski definition) is 1. The van der Waals surface area contributed by atoms with E-state index in [9.17, 15) is 9.59 Å². The average molecular weight is 499 g/mol. The highest BCUT2D eigenvalue weighted by molar-refractivity contribution is 7.22. The molecule has 4 heterocycles. The molecule has 1 N–H and O–H groups in total. The molecule has 35 heavy (non-hydrogen) atoms. The van der Waals surface area contributed by atoms with Gasteiger partial charge < -0.3 is 23.8 Å². The first-order chi connectivity index (χ1) is 17.1. The smallest absolute Gasteiger partial charge is 0.257 e. The van der Waals surface area contributed by atoms with Gasteiger partial charge in [0.15, 0.2) is 5.13 Å². The molecule has 1 aromatic carbocycles. The van der Waals surface area contributed by atoms with Crippen LogP contribution in [0.2, 0.25) is 0 Å². The predicted octanol–water partition coefficient (Wildman–Crippen LogP) is 3.04. The number of carbonyl (C=O) groups is 2. The van der Waals surface area contributed by atoms with Crippen LogP contribution in [0.5, 0.6) is 11.6 Å². The second kappa shape index (κ2) is 10.5. The first kappa shape index (κ1) is 23.5. The number of ether oxygens (including phenoxy) is 4. The lowest BCUT2D eigenvalue weighted by Gasteiger charge is -2.23. The van der Waals surface area contributed by atoms with Crippen LogP contribution in [0.15, 0.2) is 30.5 Å². The molecule has 2 aliphatic heterocycles. The minimum atomic E-state index is -0.330. The molecule has 0 spiro atoms. The fourth-order valence-corrected chi connectivity index (χ4v) is 5.18. The number of nitrogens with one attached hydrogen (secondary N) is 1. The normalized spacial score (nSPS) is 18.1. The number of nitrogens with zero attached hydrogens (tertiary/aromatic N) is 3. The van der Waals surface area contributed by atoms with Gasteiger partial charge in [-0.1, -0.05) is 17.4 Å². The molecule has 2 aliphatic rings. The summed E-state index contributed by atoms with van der Waals surface area (Å²) in [5.74, 6) is 0.761. The summed E-state index contributed by atoms with van der Waals surface area (Å²) in [5, 5.41) is 3.31. The maximum Gasteiger partial charge on any atom is 0.257 e. The zero-order chi connectivity index (χ0) is 24.2. The molecule has 0 bridgehead atoms. The van der Waals surface area contributed by atoms with Gasteiger partial charge in [0.1, 0.15) is 24.0 Å². The third-order valence-corrected chi connectivity index (χ3v) is 6.94. The second-order valence-corrected chi connectivity index (χ2v) is 9.16. The first-order valence-corrected chi connectivity index (χ1v) is 12.3. The minimum absolute atomic E-state index is 0.146. The molecule has 2 amide bonds. The summed E-state index contributed by atoms with van der Waals surface area (Å²) in [4.78, 5) is 35.2. The number of methoxy groups -OCH3 is 1. The minimum Gasteiger partial charge on any atom is -0.494 e. The molecule has 11 heteroatoms. The SMILES string of the molecule is COc1ccc(C2COCCO2)c2sc(NC(=O)c3ccnc(OCCN4CCCC4=O)c3)nc12. The number of rotatable bonds is 8. The van der Waals surface area contributed by atoms with Gasteiger partial charge in [-0.3, -0.25) is 14.9 Å². The van der Waals surface area contributed by atoms with Crippen molar-refractivity contribution >= 4 is 38.5 Å². The number of thiazole rings is 1. The van der Waals surface area contributed by atoms with E-state index in [0.29, 0.717) is 67.2 Å². The summed E-state index contributed by atoms with van der Waals surface area (Å²) in [7, 11) is 1.59. The van der Waals surface area contributed by atoms with Crippen molar-refractivity contribution in [1.82, 2.24) is 14.9 Å². The Hall–Kier alpha value is -3.28. The standard InChI is InChI=1S/C24H26N4O6S/c1-31-17-5-4-16(18-14-32-11-12-33-18)22-21(17)26-24(35-22)27-23(30)15-6-7-25-19(13-15)34-10-9-28-8-2-3-20(28)29/h4-7,13,18H,2-3,8-12,14H2,1H3,(H,26,27,30). The van der Waals surface area contributed by atoms with Gasteiger partial charge >= 0.3 is 0 Å². The zero-order valence-corrected chi connectivity index (χ0v) is 20.1. The lowest BCUT2D eigenvalue weighted by Crippen LogP contribution is -2.29. The lowest BCUT2D eigenvalue weighted by atomic mass is 10.1. The summed E-state index contributed by atoms with van der Waals surface area (Å²) in [6, 6.07) is 6.99. The van der Waals surface area contributed by atoms with Crippen molar-refractivity contribution in [3.8, 4) is 11.6 Å². The molecule has 1 atom stereocenters. The molecule has 184 valence electrons. The highest BCUT2D eigenvalue weighted by atomic mass is 32.1. The summed E-state index contributed by atoms with van der Waals surface area (Å²) >= 11 is 1.36. The molecule has 0 aliphatic carbocycles. The van der Waals surface area contributed by atoms with Crippen molar-refractivity contribution in [1.29, 1.82) is 0 Å². The molecule has 1 unspecified atom stereocenters. The van der Waals surface area contributed by atoms with Crippen LogP contribution >= 0.6 is 11.3 Å². The van der Waals surface area contributed by atoms with Crippen LogP contribution in [0.25, 0.3) is 10.2 Å². The molecule has 3 aromatic rings. The maximum atomic E-state index is 13.0. The number of hydrogen-bond acceptors (Lipinski definition) is 9. The number of likely N-dealkylation sites (tertiary alicyclic amines) is 1. The number of aromatic nitrogens is 2. The van der Waals surface area contributed by atoms with Crippen LogP contribution in [0, 0.1) is 0 Å². The van der Waals surface area contributed by atoms with Crippen LogP contribution in [0.4, 0.5) is 5.13 Å². The fraction of sp³-hybridized carbons (Fsp3) is 0.417. The maximum absolute atomic E-state index is 13.0. The van der Waals surface area contributed by atoms with Gasteiger partial charge in [-0.05, 0) is 18.6 Å². The molecular weight excluding hydrogens is 472 g/mol. The van der Waals surface area contributed by atoms with Crippen LogP contribution in [0.1, 0.15) is 34.9 Å². The lowest BCUT2D eigenvalue weighted by molar-refractivity contribution is -0.128. The van der Waals surface area contributed by atoms with E-state index in [4.69, 9.17) is 18.9 Å². The van der Waals surface area contributed by atoms with Crippen molar-refractivity contribution in [2.24, 2.45) is 0 Å². The third-order valence-electron chi connectivity index (χ3n) is 5.92. The summed E-state index contributed by atoms with van der Waals surface area (Å²) in [5.41, 5.74) is 2.01. The summed E-state index contributed by atoms with van der Waals surface area (Å²) in [6.45, 7) is 3.15. The van der Waals surface area contributed by atoms with E-state index < -0.39 is 0 Å². The molecule has 10 nitrogen and oxygen atoms in total. The van der Waals surface area contributed by atoms with Gasteiger partial charge in [-0.15, -0.1) is 0 Å². The molecular formula is C24H26N4O6S. The average Bonchev–Trinajstić information content (AvgIpc) is 3.50. The topological polar surface area (TPSA) is 112 Å². The van der Waals surface area contributed by atoms with Crippen LogP contribution in [-0.2, 0) is 14.3 Å². The molecule has 5 rings (SSSR count). The zero-order valence-electron chi connectivity index (χ0n) is 19.3. The van der Waals surface area contributed by atoms with Crippen molar-refractivity contribution in [2.45, 2.75) is 18.9 Å². The summed E-state index contributed by atoms with van der Waals surface area (Å²) in [6.07, 6.45) is 2.80. The Kier molecular flexibility index (Phi) is 7.07. The number of anilines is 1. The number of carbonyl (C=O) groups excluding carboxylic acids is 2. The highest BCUT2D eigenvalue weighted by Crippen LogP contribution is 2.39. The Bertz CT molecular complexity index is 1230. The number of pyridine rings is 1. The van der Waals surface area contributed by atoms with E-state index in [1.165, 1.54) is 17.5 Å². The van der Waals surface area contributed by atoms with E-state index in [1.54, 1.807) is 24.1 Å². The number of fused-ring (bicyclic) bond motifs is 1. The van der Waals surface area contributed by atoms with Crippen molar-refractivity contribution in [2.75, 3.05) is 51.9 Å². The Balaban J connectivity index is 1.29. The Labute approximate surface area is 206 Å². The molecule has 2 aromatic heterocycles. The molecule has 0 radical (unpaired) electrons. The van der Waals surface area contributed by atoms with Gasteiger partial charge in [0.25, 0.3) is 5.91 Å². The van der Waals surface area contributed by atoms with Gasteiger partial charge in [0.2, 0.25) is 11.8 Å². The van der Waals surface area contributed by atoms with Gasteiger partial charge in [0.05, 0.1) is 38.2 Å². The van der Waals surface area contributed by atoms with Crippen molar-refractivity contribution < 1.29 is 28.5 Å². The first-order valence-electron chi connectivity index (χ1n) is 11.5. The Morgan fingerprint density at radius 1 is 1.31 bits per heavy atom. The Morgan fingerprint density at radius 3 is 3.00 bits per heavy atom. The highest BCUT2D eigenvalue weighted by Gasteiger charge is 2.23. The van der Waals surface area contributed by atoms with E-state index in [0.717, 1.165) is 23.2 Å². The van der Waals surface area contributed by atoms with Crippen LogP contribution in [-0.4, -0.2) is 73.3 Å². The predicted molar refractivity (Wildman–Crippen MR) is 129 cm³/mol. The monoisotopic (exact) mass is 498 g/mol. The third kappa shape index (κ3) is 5.21. The Morgan fingerprint density at radius 2 is 2.23 bits per heavy atom. The van der Waals surface area contributed by atoms with Crippen molar-refractivity contribution in [3.05, 3.63) is 41.6 Å². The van der Waals surface area contributed by atoms with E-state index in [2.05, 4.69) is 15.3 Å². The second-order valence-electron chi connectivity index (χ2n) is 8.16. The van der Waals surface area contributed by atoms with Gasteiger partial charge in [-0.2, -0.15) is 0 Å². The quantitative estimate of drug-likeness (QED) is 0.504.